The molecule has 0 aliphatic heterocycles. The molecule has 1 unspecified atom stereocenters. The van der Waals surface area contributed by atoms with Crippen LogP contribution < -0.4 is 5.73 Å². The minimum atomic E-state index is -0.443. The highest BCUT2D eigenvalue weighted by Gasteiger charge is 2.46. The van der Waals surface area contributed by atoms with Crippen molar-refractivity contribution in [3.8, 4) is 0 Å². The first kappa shape index (κ1) is 10.6. The minimum absolute atomic E-state index is 0.0965. The van der Waals surface area contributed by atoms with Gasteiger partial charge in [0, 0.05) is 24.4 Å². The Kier molecular flexibility index (Phi) is 2.76. The number of nitrogens with zero attached hydrogens (tertiary/aromatic N) is 1. The lowest BCUT2D eigenvalue weighted by Gasteiger charge is -2.49. The van der Waals surface area contributed by atoms with Crippen LogP contribution >= 0.6 is 0 Å². The monoisotopic (exact) mass is 206 g/mol. The molecule has 15 heavy (non-hydrogen) atoms. The molecular weight excluding hydrogens is 188 g/mol. The Hall–Kier alpha value is -0.930. The van der Waals surface area contributed by atoms with Crippen molar-refractivity contribution in [2.45, 2.75) is 25.9 Å². The molecular formula is C12H18N2O. The van der Waals surface area contributed by atoms with Crippen molar-refractivity contribution in [1.29, 1.82) is 0 Å². The van der Waals surface area contributed by atoms with Gasteiger partial charge in [-0.05, 0) is 36.5 Å². The van der Waals surface area contributed by atoms with Crippen LogP contribution in [0.15, 0.2) is 24.5 Å². The average Bonchev–Trinajstić information content (AvgIpc) is 2.25. The topological polar surface area (TPSA) is 59.1 Å². The van der Waals surface area contributed by atoms with Crippen LogP contribution in [-0.4, -0.2) is 16.6 Å². The van der Waals surface area contributed by atoms with Gasteiger partial charge in [-0.2, -0.15) is 0 Å². The zero-order valence-electron chi connectivity index (χ0n) is 9.06. The van der Waals surface area contributed by atoms with Crippen LogP contribution in [0, 0.1) is 11.3 Å². The van der Waals surface area contributed by atoms with E-state index in [9.17, 15) is 5.11 Å². The normalized spacial score (nSPS) is 32.1. The molecule has 2 rings (SSSR count). The highest BCUT2D eigenvalue weighted by molar-refractivity contribution is 5.18. The number of aliphatic hydroxyl groups is 1. The van der Waals surface area contributed by atoms with Crippen LogP contribution in [0.1, 0.15) is 31.4 Å². The van der Waals surface area contributed by atoms with E-state index < -0.39 is 6.10 Å². The lowest BCUT2D eigenvalue weighted by molar-refractivity contribution is -0.0602. The molecule has 1 saturated carbocycles. The summed E-state index contributed by atoms with van der Waals surface area (Å²) >= 11 is 0. The second kappa shape index (κ2) is 3.91. The molecule has 0 spiro atoms. The van der Waals surface area contributed by atoms with E-state index in [4.69, 9.17) is 5.73 Å². The lowest BCUT2D eigenvalue weighted by Crippen LogP contribution is -2.46. The third-order valence-corrected chi connectivity index (χ3v) is 3.52. The molecule has 0 aromatic carbocycles. The van der Waals surface area contributed by atoms with Crippen molar-refractivity contribution in [2.75, 3.05) is 6.54 Å². The second-order valence-corrected chi connectivity index (χ2v) is 4.76. The Morgan fingerprint density at radius 3 is 2.60 bits per heavy atom. The molecule has 1 heterocycles. The molecule has 1 aromatic rings. The molecule has 3 N–H and O–H groups in total. The van der Waals surface area contributed by atoms with Gasteiger partial charge < -0.3 is 10.8 Å². The van der Waals surface area contributed by atoms with Crippen LogP contribution in [-0.2, 0) is 0 Å². The van der Waals surface area contributed by atoms with E-state index in [2.05, 4.69) is 11.9 Å². The Balaban J connectivity index is 2.17. The zero-order chi connectivity index (χ0) is 10.9. The molecule has 0 amide bonds. The summed E-state index contributed by atoms with van der Waals surface area (Å²) in [6.45, 7) is 2.76. The van der Waals surface area contributed by atoms with E-state index in [1.807, 2.05) is 12.1 Å². The van der Waals surface area contributed by atoms with E-state index in [0.717, 1.165) is 18.4 Å². The SMILES string of the molecule is CC1CC(CN)(C(O)c2ccncc2)C1. The van der Waals surface area contributed by atoms with Gasteiger partial charge >= 0.3 is 0 Å². The van der Waals surface area contributed by atoms with Gasteiger partial charge in [0.25, 0.3) is 0 Å². The number of rotatable bonds is 3. The lowest BCUT2D eigenvalue weighted by atomic mass is 9.58. The van der Waals surface area contributed by atoms with Crippen molar-refractivity contribution >= 4 is 0 Å². The smallest absolute Gasteiger partial charge is 0.0859 e. The van der Waals surface area contributed by atoms with Gasteiger partial charge in [-0.1, -0.05) is 6.92 Å². The van der Waals surface area contributed by atoms with Gasteiger partial charge in [-0.25, -0.2) is 0 Å². The van der Waals surface area contributed by atoms with E-state index >= 15 is 0 Å². The van der Waals surface area contributed by atoms with Crippen molar-refractivity contribution in [1.82, 2.24) is 4.98 Å². The third-order valence-electron chi connectivity index (χ3n) is 3.52. The molecule has 3 heteroatoms. The quantitative estimate of drug-likeness (QED) is 0.787. The Morgan fingerprint density at radius 2 is 2.13 bits per heavy atom. The van der Waals surface area contributed by atoms with Gasteiger partial charge in [0.2, 0.25) is 0 Å². The predicted octanol–water partition coefficient (Wildman–Crippen LogP) is 1.49. The number of hydrogen-bond donors (Lipinski definition) is 2. The number of nitrogens with two attached hydrogens (primary N) is 1. The maximum Gasteiger partial charge on any atom is 0.0859 e. The first-order valence-corrected chi connectivity index (χ1v) is 5.46. The van der Waals surface area contributed by atoms with Crippen LogP contribution in [0.25, 0.3) is 0 Å². The van der Waals surface area contributed by atoms with E-state index in [1.54, 1.807) is 12.4 Å². The summed E-state index contributed by atoms with van der Waals surface area (Å²) in [5.74, 6) is 0.685. The summed E-state index contributed by atoms with van der Waals surface area (Å²) in [5, 5.41) is 10.3. The van der Waals surface area contributed by atoms with Gasteiger partial charge in [0.15, 0.2) is 0 Å². The molecule has 1 aliphatic rings. The highest BCUT2D eigenvalue weighted by atomic mass is 16.3. The second-order valence-electron chi connectivity index (χ2n) is 4.76. The van der Waals surface area contributed by atoms with Crippen LogP contribution in [0.2, 0.25) is 0 Å². The fourth-order valence-corrected chi connectivity index (χ4v) is 2.73. The highest BCUT2D eigenvalue weighted by Crippen LogP contribution is 2.52. The summed E-state index contributed by atoms with van der Waals surface area (Å²) in [6, 6.07) is 3.73. The molecule has 3 nitrogen and oxygen atoms in total. The van der Waals surface area contributed by atoms with Crippen LogP contribution in [0.5, 0.6) is 0 Å². The number of aliphatic hydroxyl groups excluding tert-OH is 1. The maximum absolute atomic E-state index is 10.3. The van der Waals surface area contributed by atoms with Gasteiger partial charge in [-0.15, -0.1) is 0 Å². The average molecular weight is 206 g/mol. The molecule has 0 saturated heterocycles. The predicted molar refractivity (Wildman–Crippen MR) is 59.1 cm³/mol. The minimum Gasteiger partial charge on any atom is -0.388 e. The summed E-state index contributed by atoms with van der Waals surface area (Å²) < 4.78 is 0. The van der Waals surface area contributed by atoms with E-state index in [0.29, 0.717) is 12.5 Å². The molecule has 0 bridgehead atoms. The number of pyridine rings is 1. The molecule has 0 radical (unpaired) electrons. The Bertz CT molecular complexity index is 320. The first-order valence-electron chi connectivity index (χ1n) is 5.46. The third kappa shape index (κ3) is 1.77. The summed E-state index contributed by atoms with van der Waals surface area (Å²) in [4.78, 5) is 3.95. The van der Waals surface area contributed by atoms with Crippen molar-refractivity contribution in [3.05, 3.63) is 30.1 Å². The molecule has 1 fully saturated rings. The number of hydrogen-bond acceptors (Lipinski definition) is 3. The Labute approximate surface area is 90.3 Å². The van der Waals surface area contributed by atoms with E-state index in [-0.39, 0.29) is 5.41 Å². The van der Waals surface area contributed by atoms with Crippen molar-refractivity contribution < 1.29 is 5.11 Å². The van der Waals surface area contributed by atoms with Crippen LogP contribution in [0.4, 0.5) is 0 Å². The summed E-state index contributed by atoms with van der Waals surface area (Å²) in [6.07, 6.45) is 5.03. The Morgan fingerprint density at radius 1 is 1.53 bits per heavy atom. The zero-order valence-corrected chi connectivity index (χ0v) is 9.06. The molecule has 1 atom stereocenters. The van der Waals surface area contributed by atoms with Crippen molar-refractivity contribution in [3.63, 3.8) is 0 Å². The summed E-state index contributed by atoms with van der Waals surface area (Å²) in [5.41, 5.74) is 6.63. The van der Waals surface area contributed by atoms with Crippen LogP contribution in [0.3, 0.4) is 0 Å². The van der Waals surface area contributed by atoms with Gasteiger partial charge in [0.1, 0.15) is 0 Å². The maximum atomic E-state index is 10.3. The van der Waals surface area contributed by atoms with Gasteiger partial charge in [0.05, 0.1) is 6.10 Å². The fraction of sp³-hybridized carbons (Fsp3) is 0.583. The summed E-state index contributed by atoms with van der Waals surface area (Å²) in [7, 11) is 0. The standard InChI is InChI=1S/C12H18N2O/c1-9-6-12(7-9,8-13)11(15)10-2-4-14-5-3-10/h2-5,9,11,15H,6-8,13H2,1H3. The largest absolute Gasteiger partial charge is 0.388 e. The van der Waals surface area contributed by atoms with E-state index in [1.165, 1.54) is 0 Å². The van der Waals surface area contributed by atoms with Crippen molar-refractivity contribution in [2.24, 2.45) is 17.1 Å². The number of aromatic nitrogens is 1. The first-order chi connectivity index (χ1) is 7.18. The molecule has 82 valence electrons. The molecule has 1 aromatic heterocycles. The van der Waals surface area contributed by atoms with Gasteiger partial charge in [-0.3, -0.25) is 4.98 Å². The molecule has 1 aliphatic carbocycles. The fourth-order valence-electron chi connectivity index (χ4n) is 2.73.